The van der Waals surface area contributed by atoms with Crippen molar-refractivity contribution in [1.29, 1.82) is 0 Å². The lowest BCUT2D eigenvalue weighted by Crippen LogP contribution is -2.29. The number of esters is 1. The van der Waals surface area contributed by atoms with E-state index in [9.17, 15) is 4.79 Å². The molecule has 7 nitrogen and oxygen atoms in total. The molecule has 0 atom stereocenters. The maximum Gasteiger partial charge on any atom is 0.306 e. The number of nitrogens with zero attached hydrogens (tertiary/aromatic N) is 3. The molecule has 0 bridgehead atoms. The molecule has 7 heteroatoms. The molecule has 0 unspecified atom stereocenters. The van der Waals surface area contributed by atoms with Crippen LogP contribution in [0, 0.1) is 0 Å². The number of aromatic nitrogens is 2. The van der Waals surface area contributed by atoms with Gasteiger partial charge in [0.1, 0.15) is 0 Å². The summed E-state index contributed by atoms with van der Waals surface area (Å²) in [5.41, 5.74) is 0. The zero-order valence-electron chi connectivity index (χ0n) is 10.1. The molecule has 0 N–H and O–H groups in total. The van der Waals surface area contributed by atoms with Crippen LogP contribution in [0.2, 0.25) is 0 Å². The Morgan fingerprint density at radius 2 is 2.29 bits per heavy atom. The van der Waals surface area contributed by atoms with Crippen LogP contribution in [0.3, 0.4) is 0 Å². The van der Waals surface area contributed by atoms with E-state index in [1.807, 2.05) is 4.90 Å². The smallest absolute Gasteiger partial charge is 0.306 e. The Hall–Kier alpha value is -1.47. The molecule has 0 aliphatic heterocycles. The molecule has 0 aliphatic rings. The third kappa shape index (κ3) is 5.41. The molecule has 0 aliphatic carbocycles. The molecule has 1 rings (SSSR count). The highest BCUT2D eigenvalue weighted by Gasteiger charge is 2.11. The summed E-state index contributed by atoms with van der Waals surface area (Å²) < 4.78 is 14.5. The van der Waals surface area contributed by atoms with E-state index in [0.29, 0.717) is 38.6 Å². The monoisotopic (exact) mass is 243 g/mol. The topological polar surface area (TPSA) is 77.7 Å². The van der Waals surface area contributed by atoms with Crippen LogP contribution in [0.25, 0.3) is 0 Å². The normalized spacial score (nSPS) is 10.8. The second-order valence-corrected chi connectivity index (χ2v) is 3.43. The number of hydrogen-bond donors (Lipinski definition) is 0. The van der Waals surface area contributed by atoms with E-state index in [0.717, 1.165) is 0 Å². The quantitative estimate of drug-likeness (QED) is 0.598. The first-order valence-corrected chi connectivity index (χ1v) is 5.30. The first kappa shape index (κ1) is 13.6. The average Bonchev–Trinajstić information content (AvgIpc) is 2.84. The van der Waals surface area contributed by atoms with E-state index in [1.165, 1.54) is 13.4 Å². The van der Waals surface area contributed by atoms with Gasteiger partial charge in [-0.15, -0.1) is 0 Å². The highest BCUT2D eigenvalue weighted by atomic mass is 16.5. The molecule has 0 radical (unpaired) electrons. The van der Waals surface area contributed by atoms with Crippen LogP contribution in [-0.4, -0.2) is 54.9 Å². The zero-order chi connectivity index (χ0) is 12.5. The minimum atomic E-state index is -0.238. The van der Waals surface area contributed by atoms with Gasteiger partial charge in [0.05, 0.1) is 26.7 Å². The van der Waals surface area contributed by atoms with Crippen LogP contribution in [0.15, 0.2) is 10.9 Å². The van der Waals surface area contributed by atoms with Gasteiger partial charge in [0.15, 0.2) is 6.33 Å². The van der Waals surface area contributed by atoms with Gasteiger partial charge in [-0.3, -0.25) is 9.69 Å². The molecular formula is C10H17N3O4. The summed E-state index contributed by atoms with van der Waals surface area (Å²) in [4.78, 5) is 17.0. The predicted molar refractivity (Wildman–Crippen MR) is 58.1 cm³/mol. The van der Waals surface area contributed by atoms with Gasteiger partial charge in [0, 0.05) is 20.2 Å². The first-order valence-electron chi connectivity index (χ1n) is 5.30. The Morgan fingerprint density at radius 3 is 2.88 bits per heavy atom. The summed E-state index contributed by atoms with van der Waals surface area (Å²) in [5, 5.41) is 3.53. The summed E-state index contributed by atoms with van der Waals surface area (Å²) in [6.07, 6.45) is 1.68. The van der Waals surface area contributed by atoms with Gasteiger partial charge in [-0.05, 0) is 0 Å². The molecule has 1 aromatic rings. The van der Waals surface area contributed by atoms with Gasteiger partial charge in [0.2, 0.25) is 5.89 Å². The van der Waals surface area contributed by atoms with Crippen molar-refractivity contribution in [1.82, 2.24) is 15.0 Å². The van der Waals surface area contributed by atoms with Gasteiger partial charge < -0.3 is 14.0 Å². The van der Waals surface area contributed by atoms with E-state index in [1.54, 1.807) is 7.11 Å². The van der Waals surface area contributed by atoms with Crippen LogP contribution in [0.5, 0.6) is 0 Å². The SMILES string of the molecule is COCCN(CCC(=O)OC)Cc1ncno1. The summed E-state index contributed by atoms with van der Waals surface area (Å²) in [6, 6.07) is 0. The van der Waals surface area contributed by atoms with Crippen LogP contribution in [0.1, 0.15) is 12.3 Å². The summed E-state index contributed by atoms with van der Waals surface area (Å²) >= 11 is 0. The molecule has 96 valence electrons. The standard InChI is InChI=1S/C10H17N3O4/c1-15-6-5-13(4-3-10(14)16-2)7-9-11-8-12-17-9/h8H,3-7H2,1-2H3. The Kier molecular flexibility index (Phi) is 6.19. The molecule has 0 saturated heterocycles. The van der Waals surface area contributed by atoms with Crippen molar-refractivity contribution >= 4 is 5.97 Å². The Bertz CT molecular complexity index is 315. The lowest BCUT2D eigenvalue weighted by Gasteiger charge is -2.19. The fourth-order valence-electron chi connectivity index (χ4n) is 1.30. The third-order valence-corrected chi connectivity index (χ3v) is 2.24. The maximum atomic E-state index is 11.1. The van der Waals surface area contributed by atoms with Gasteiger partial charge in [-0.25, -0.2) is 0 Å². The molecule has 0 aromatic carbocycles. The predicted octanol–water partition coefficient (Wildman–Crippen LogP) is 0.0811. The summed E-state index contributed by atoms with van der Waals surface area (Å²) in [7, 11) is 3.00. The Labute approximate surface area is 99.7 Å². The highest BCUT2D eigenvalue weighted by molar-refractivity contribution is 5.69. The molecule has 1 heterocycles. The largest absolute Gasteiger partial charge is 0.469 e. The van der Waals surface area contributed by atoms with Crippen LogP contribution < -0.4 is 0 Å². The molecular weight excluding hydrogens is 226 g/mol. The lowest BCUT2D eigenvalue weighted by molar-refractivity contribution is -0.141. The Morgan fingerprint density at radius 1 is 1.47 bits per heavy atom. The van der Waals surface area contributed by atoms with E-state index >= 15 is 0 Å². The number of rotatable bonds is 8. The molecule has 0 fully saturated rings. The third-order valence-electron chi connectivity index (χ3n) is 2.24. The summed E-state index contributed by atoms with van der Waals surface area (Å²) in [5.74, 6) is 0.281. The van der Waals surface area contributed by atoms with Crippen molar-refractivity contribution in [3.8, 4) is 0 Å². The van der Waals surface area contributed by atoms with Crippen molar-refractivity contribution in [3.05, 3.63) is 12.2 Å². The van der Waals surface area contributed by atoms with Crippen molar-refractivity contribution in [2.45, 2.75) is 13.0 Å². The van der Waals surface area contributed by atoms with E-state index in [4.69, 9.17) is 9.26 Å². The Balaban J connectivity index is 2.39. The summed E-state index contributed by atoms with van der Waals surface area (Å²) in [6.45, 7) is 2.34. The number of carbonyl (C=O) groups is 1. The van der Waals surface area contributed by atoms with Crippen LogP contribution in [0.4, 0.5) is 0 Å². The number of carbonyl (C=O) groups excluding carboxylic acids is 1. The number of ether oxygens (including phenoxy) is 2. The first-order chi connectivity index (χ1) is 8.26. The number of hydrogen-bond acceptors (Lipinski definition) is 7. The van der Waals surface area contributed by atoms with Crippen molar-refractivity contribution in [2.24, 2.45) is 0 Å². The molecule has 0 saturated carbocycles. The van der Waals surface area contributed by atoms with Crippen LogP contribution in [-0.2, 0) is 20.8 Å². The second-order valence-electron chi connectivity index (χ2n) is 3.43. The van der Waals surface area contributed by atoms with E-state index < -0.39 is 0 Å². The van der Waals surface area contributed by atoms with Crippen LogP contribution >= 0.6 is 0 Å². The molecule has 0 amide bonds. The van der Waals surface area contributed by atoms with E-state index in [2.05, 4.69) is 14.9 Å². The van der Waals surface area contributed by atoms with Gasteiger partial charge in [-0.2, -0.15) is 4.98 Å². The average molecular weight is 243 g/mol. The fraction of sp³-hybridized carbons (Fsp3) is 0.700. The lowest BCUT2D eigenvalue weighted by atomic mass is 10.3. The minimum Gasteiger partial charge on any atom is -0.469 e. The molecule has 0 spiro atoms. The maximum absolute atomic E-state index is 11.1. The van der Waals surface area contributed by atoms with Gasteiger partial charge in [0.25, 0.3) is 0 Å². The number of methoxy groups -OCH3 is 2. The van der Waals surface area contributed by atoms with E-state index in [-0.39, 0.29) is 5.97 Å². The van der Waals surface area contributed by atoms with Crippen molar-refractivity contribution in [2.75, 3.05) is 33.9 Å². The molecule has 17 heavy (non-hydrogen) atoms. The second kappa shape index (κ2) is 7.75. The van der Waals surface area contributed by atoms with Gasteiger partial charge >= 0.3 is 5.97 Å². The van der Waals surface area contributed by atoms with Gasteiger partial charge in [-0.1, -0.05) is 5.16 Å². The fourth-order valence-corrected chi connectivity index (χ4v) is 1.30. The zero-order valence-corrected chi connectivity index (χ0v) is 10.1. The highest BCUT2D eigenvalue weighted by Crippen LogP contribution is 2.01. The molecule has 1 aromatic heterocycles. The van der Waals surface area contributed by atoms with Crippen molar-refractivity contribution in [3.63, 3.8) is 0 Å². The minimum absolute atomic E-state index is 0.238. The van der Waals surface area contributed by atoms with Crippen molar-refractivity contribution < 1.29 is 18.8 Å².